The van der Waals surface area contributed by atoms with Crippen LogP contribution in [-0.2, 0) is 14.3 Å². The van der Waals surface area contributed by atoms with Crippen molar-refractivity contribution in [3.05, 3.63) is 11.8 Å². The average Bonchev–Trinajstić information content (AvgIpc) is 3.37. The van der Waals surface area contributed by atoms with Gasteiger partial charge in [-0.15, -0.1) is 0 Å². The molecule has 5 N–H and O–H groups in total. The summed E-state index contributed by atoms with van der Waals surface area (Å²) < 4.78 is 6.95. The summed E-state index contributed by atoms with van der Waals surface area (Å²) in [5, 5.41) is 21.1. The third-order valence-electron chi connectivity index (χ3n) is 7.80. The van der Waals surface area contributed by atoms with Gasteiger partial charge in [0, 0.05) is 25.4 Å². The SMILES string of the molecule is COCCNC(=O)C(=O)Nc1nn(C2[C@H]3CC4C[C@H]2CC(O)(C4)C3)c2c1NNC1N=CC=C21. The number of aliphatic hydroxyl groups is 1. The van der Waals surface area contributed by atoms with E-state index in [0.717, 1.165) is 43.4 Å². The normalized spacial score (nSPS) is 35.0. The van der Waals surface area contributed by atoms with Crippen molar-refractivity contribution in [1.29, 1.82) is 0 Å². The third kappa shape index (κ3) is 3.37. The van der Waals surface area contributed by atoms with Crippen molar-refractivity contribution in [2.45, 2.75) is 49.9 Å². The summed E-state index contributed by atoms with van der Waals surface area (Å²) in [5.41, 5.74) is 8.23. The molecule has 1 aromatic heterocycles. The fourth-order valence-electron chi connectivity index (χ4n) is 6.84. The number of carbonyl (C=O) groups excluding carboxylic acids is 2. The molecule has 1 aromatic rings. The van der Waals surface area contributed by atoms with Crippen LogP contribution in [0.2, 0.25) is 0 Å². The number of allylic oxidation sites excluding steroid dienone is 1. The number of amides is 2. The summed E-state index contributed by atoms with van der Waals surface area (Å²) in [4.78, 5) is 29.2. The van der Waals surface area contributed by atoms with Crippen LogP contribution in [0.4, 0.5) is 11.5 Å². The average molecular weight is 456 g/mol. The Kier molecular flexibility index (Phi) is 4.82. The molecule has 1 unspecified atom stereocenters. The van der Waals surface area contributed by atoms with Gasteiger partial charge in [-0.25, -0.2) is 5.43 Å². The van der Waals surface area contributed by atoms with Gasteiger partial charge in [-0.3, -0.25) is 24.6 Å². The highest BCUT2D eigenvalue weighted by atomic mass is 16.5. The second-order valence-electron chi connectivity index (χ2n) is 10.00. The number of fused-ring (bicyclic) bond motifs is 3. The number of ether oxygens (including phenoxy) is 1. The van der Waals surface area contributed by atoms with Crippen molar-refractivity contribution < 1.29 is 19.4 Å². The number of anilines is 2. The maximum Gasteiger partial charge on any atom is 0.314 e. The molecule has 4 aliphatic carbocycles. The molecule has 0 aromatic carbocycles. The molecule has 2 amide bonds. The Hall–Kier alpha value is -2.76. The van der Waals surface area contributed by atoms with Gasteiger partial charge in [0.15, 0.2) is 5.82 Å². The number of nitrogens with one attached hydrogen (secondary N) is 4. The molecule has 176 valence electrons. The lowest BCUT2D eigenvalue weighted by Gasteiger charge is -2.58. The minimum Gasteiger partial charge on any atom is -0.390 e. The van der Waals surface area contributed by atoms with Crippen LogP contribution in [0.15, 0.2) is 11.1 Å². The van der Waals surface area contributed by atoms with E-state index >= 15 is 0 Å². The summed E-state index contributed by atoms with van der Waals surface area (Å²) >= 11 is 0. The number of rotatable bonds is 5. The van der Waals surface area contributed by atoms with Crippen molar-refractivity contribution in [3.8, 4) is 0 Å². The molecule has 11 heteroatoms. The predicted octanol–water partition coefficient (Wildman–Crippen LogP) is 0.420. The molecular weight excluding hydrogens is 426 g/mol. The fourth-order valence-corrected chi connectivity index (χ4v) is 6.84. The number of hydrogen-bond acceptors (Lipinski definition) is 8. The highest BCUT2D eigenvalue weighted by molar-refractivity contribution is 6.39. The minimum absolute atomic E-state index is 0.138. The van der Waals surface area contributed by atoms with Crippen LogP contribution in [0.5, 0.6) is 0 Å². The monoisotopic (exact) mass is 455 g/mol. The molecule has 6 aliphatic rings. The van der Waals surface area contributed by atoms with Gasteiger partial charge < -0.3 is 20.6 Å². The van der Waals surface area contributed by atoms with Crippen molar-refractivity contribution in [1.82, 2.24) is 20.5 Å². The lowest BCUT2D eigenvalue weighted by molar-refractivity contribution is -0.148. The van der Waals surface area contributed by atoms with E-state index in [4.69, 9.17) is 9.84 Å². The fraction of sp³-hybridized carbons (Fsp3) is 0.636. The Morgan fingerprint density at radius 2 is 2.06 bits per heavy atom. The molecule has 2 aliphatic heterocycles. The molecule has 4 bridgehead atoms. The van der Waals surface area contributed by atoms with Crippen molar-refractivity contribution in [2.24, 2.45) is 22.7 Å². The highest BCUT2D eigenvalue weighted by Crippen LogP contribution is 2.60. The Labute approximate surface area is 191 Å². The summed E-state index contributed by atoms with van der Waals surface area (Å²) in [7, 11) is 1.53. The first-order valence-electron chi connectivity index (χ1n) is 11.6. The number of aliphatic imine (C=N–C) groups is 1. The number of hydrazine groups is 1. The van der Waals surface area contributed by atoms with Gasteiger partial charge in [0.25, 0.3) is 0 Å². The van der Waals surface area contributed by atoms with E-state index in [1.165, 1.54) is 7.11 Å². The maximum absolute atomic E-state index is 12.6. The van der Waals surface area contributed by atoms with Gasteiger partial charge in [0.2, 0.25) is 0 Å². The molecule has 4 saturated carbocycles. The first-order chi connectivity index (χ1) is 16.0. The molecule has 7 rings (SSSR count). The van der Waals surface area contributed by atoms with Crippen molar-refractivity contribution >= 4 is 35.1 Å². The summed E-state index contributed by atoms with van der Waals surface area (Å²) in [5.74, 6) is 0.0374. The van der Waals surface area contributed by atoms with Gasteiger partial charge in [0.05, 0.1) is 23.9 Å². The first kappa shape index (κ1) is 20.8. The number of carbonyl (C=O) groups is 2. The van der Waals surface area contributed by atoms with Crippen molar-refractivity contribution in [2.75, 3.05) is 31.0 Å². The third-order valence-corrected chi connectivity index (χ3v) is 7.80. The zero-order valence-electron chi connectivity index (χ0n) is 18.5. The van der Waals surface area contributed by atoms with Crippen molar-refractivity contribution in [3.63, 3.8) is 0 Å². The van der Waals surface area contributed by atoms with Crippen LogP contribution in [0.3, 0.4) is 0 Å². The van der Waals surface area contributed by atoms with Crippen LogP contribution >= 0.6 is 0 Å². The van der Waals surface area contributed by atoms with Crippen LogP contribution in [0.25, 0.3) is 5.57 Å². The highest BCUT2D eigenvalue weighted by Gasteiger charge is 2.56. The molecule has 3 heterocycles. The summed E-state index contributed by atoms with van der Waals surface area (Å²) in [6.45, 7) is 0.568. The zero-order valence-corrected chi connectivity index (χ0v) is 18.5. The number of methoxy groups -OCH3 is 1. The smallest absolute Gasteiger partial charge is 0.314 e. The Balaban J connectivity index is 1.34. The van der Waals surface area contributed by atoms with E-state index in [-0.39, 0.29) is 18.8 Å². The molecule has 0 radical (unpaired) electrons. The van der Waals surface area contributed by atoms with E-state index in [9.17, 15) is 14.7 Å². The zero-order chi connectivity index (χ0) is 22.7. The molecule has 11 nitrogen and oxygen atoms in total. The number of nitrogens with zero attached hydrogens (tertiary/aromatic N) is 3. The van der Waals surface area contributed by atoms with Crippen LogP contribution < -0.4 is 21.5 Å². The van der Waals surface area contributed by atoms with E-state index in [1.807, 2.05) is 10.8 Å². The standard InChI is InChI=1S/C22H29N7O4/c1-33-5-4-24-20(30)21(31)25-19-15-17(14-2-3-23-18(14)27-26-15)29(28-19)16-12-6-11-7-13(16)10-22(32,8-11)9-12/h2-3,11-13,16,18,26-27,32H,4-10H2,1H3,(H,24,30)(H,25,28,31)/t11?,12-,13-,16?,18?,22?/m0/s1. The molecule has 0 spiro atoms. The van der Waals surface area contributed by atoms with Gasteiger partial charge in [-0.2, -0.15) is 5.10 Å². The van der Waals surface area contributed by atoms with Crippen LogP contribution in [0, 0.1) is 17.8 Å². The van der Waals surface area contributed by atoms with Gasteiger partial charge in [0.1, 0.15) is 11.9 Å². The van der Waals surface area contributed by atoms with Gasteiger partial charge >= 0.3 is 11.8 Å². The molecule has 33 heavy (non-hydrogen) atoms. The molecule has 4 fully saturated rings. The topological polar surface area (TPSA) is 142 Å². The molecule has 0 saturated heterocycles. The van der Waals surface area contributed by atoms with Gasteiger partial charge in [-0.1, -0.05) is 0 Å². The van der Waals surface area contributed by atoms with Gasteiger partial charge in [-0.05, 0) is 55.9 Å². The molecule has 3 atom stereocenters. The number of aromatic nitrogens is 2. The van der Waals surface area contributed by atoms with E-state index in [1.54, 1.807) is 6.21 Å². The summed E-state index contributed by atoms with van der Waals surface area (Å²) in [6.07, 6.45) is 8.16. The molecular formula is C22H29N7O4. The Morgan fingerprint density at radius 1 is 1.27 bits per heavy atom. The largest absolute Gasteiger partial charge is 0.390 e. The Morgan fingerprint density at radius 3 is 2.79 bits per heavy atom. The second-order valence-corrected chi connectivity index (χ2v) is 10.00. The van der Waals surface area contributed by atoms with Crippen LogP contribution in [-0.4, -0.2) is 64.9 Å². The minimum atomic E-state index is -0.779. The lowest BCUT2D eigenvalue weighted by atomic mass is 9.52. The van der Waals surface area contributed by atoms with E-state index in [2.05, 4.69) is 26.5 Å². The van der Waals surface area contributed by atoms with E-state index < -0.39 is 17.4 Å². The van der Waals surface area contributed by atoms with Crippen LogP contribution in [0.1, 0.15) is 43.8 Å². The predicted molar refractivity (Wildman–Crippen MR) is 120 cm³/mol. The number of hydrogen-bond donors (Lipinski definition) is 5. The maximum atomic E-state index is 12.6. The Bertz CT molecular complexity index is 1050. The van der Waals surface area contributed by atoms with E-state index in [0.29, 0.717) is 35.9 Å². The summed E-state index contributed by atoms with van der Waals surface area (Å²) in [6, 6.07) is 0.138. The quantitative estimate of drug-likeness (QED) is 0.320. The first-order valence-corrected chi connectivity index (χ1v) is 11.6. The lowest BCUT2D eigenvalue weighted by Crippen LogP contribution is -2.55. The second kappa shape index (κ2) is 7.64.